The third-order valence-corrected chi connectivity index (χ3v) is 0. The van der Waals surface area contributed by atoms with Crippen molar-refractivity contribution in [1.29, 1.82) is 0 Å². The average Bonchev–Trinajstić information content (AvgIpc) is 2.75. The van der Waals surface area contributed by atoms with Gasteiger partial charge in [-0.2, -0.15) is 0 Å². The molecule has 0 unspecified atom stereocenters. The summed E-state index contributed by atoms with van der Waals surface area (Å²) in [5.41, 5.74) is 0. The first-order chi connectivity index (χ1) is 17.0. The Balaban J connectivity index is -0.0000000154. The minimum Gasteiger partial charge on any atom is -0.241 e. The molecule has 0 amide bonds. The SMILES string of the molecule is O=[PH]=O.O=[PH]=O.O=[PH]=O.O=[PH]=O.O=[PH]=O.O=[PH]=O.O=[PH]=O.O=[PH]=O.O=[PH]=O.O=[PH]=O.O=[PH]=O.O=[PH]=O.[V]. The maximum Gasteiger partial charge on any atom is 0.303 e. The Hall–Kier alpha value is -0.616. The summed E-state index contributed by atoms with van der Waals surface area (Å²) in [7, 11) is -17.0. The van der Waals surface area contributed by atoms with Gasteiger partial charge in [0.1, 0.15) is 0 Å². The van der Waals surface area contributed by atoms with Gasteiger partial charge in [-0.3, -0.25) is 0 Å². The van der Waals surface area contributed by atoms with Crippen LogP contribution in [0.2, 0.25) is 0 Å². The summed E-state index contributed by atoms with van der Waals surface area (Å²) < 4.78 is 202. The Labute approximate surface area is 227 Å². The van der Waals surface area contributed by atoms with Crippen molar-refractivity contribution in [3.63, 3.8) is 0 Å². The van der Waals surface area contributed by atoms with E-state index in [9.17, 15) is 0 Å². The molecule has 221 valence electrons. The van der Waals surface area contributed by atoms with Gasteiger partial charge in [0.25, 0.3) is 0 Å². The fraction of sp³-hybridized carbons (Fsp3) is 0. The van der Waals surface area contributed by atoms with Crippen molar-refractivity contribution >= 4 is 100 Å². The van der Waals surface area contributed by atoms with Crippen molar-refractivity contribution in [2.75, 3.05) is 0 Å². The molecule has 0 heterocycles. The summed E-state index contributed by atoms with van der Waals surface area (Å²) in [5.74, 6) is 0. The molecule has 0 atom stereocenters. The molecular weight excluding hydrogens is 807 g/mol. The molecule has 24 nitrogen and oxygen atoms in total. The summed E-state index contributed by atoms with van der Waals surface area (Å²) in [5, 5.41) is 0. The van der Waals surface area contributed by atoms with Gasteiger partial charge in [-0.25, -0.2) is 110 Å². The van der Waals surface area contributed by atoms with E-state index in [-0.39, 0.29) is 18.6 Å². The van der Waals surface area contributed by atoms with E-state index in [0.717, 1.165) is 0 Å². The molecule has 0 aromatic heterocycles. The van der Waals surface area contributed by atoms with Gasteiger partial charge >= 0.3 is 100 Å². The second-order valence-corrected chi connectivity index (χ2v) is 3.00. The monoisotopic (exact) mass is 819 g/mol. The zero-order valence-electron chi connectivity index (χ0n) is 16.2. The van der Waals surface area contributed by atoms with Crippen molar-refractivity contribution in [2.45, 2.75) is 0 Å². The molecule has 0 bridgehead atoms. The van der Waals surface area contributed by atoms with E-state index in [4.69, 9.17) is 110 Å². The van der Waals surface area contributed by atoms with Crippen molar-refractivity contribution < 1.29 is 128 Å². The molecular formula is H12O24P12V. The molecule has 1 radical (unpaired) electrons. The van der Waals surface area contributed by atoms with Gasteiger partial charge in [0.05, 0.1) is 0 Å². The summed E-state index contributed by atoms with van der Waals surface area (Å²) in [6.07, 6.45) is 0. The van der Waals surface area contributed by atoms with Gasteiger partial charge in [-0.05, 0) is 0 Å². The molecule has 0 aromatic rings. The molecule has 0 saturated carbocycles. The second-order valence-electron chi connectivity index (χ2n) is 1.00. The van der Waals surface area contributed by atoms with E-state index in [0.29, 0.717) is 0 Å². The van der Waals surface area contributed by atoms with Gasteiger partial charge in [-0.1, -0.05) is 0 Å². The van der Waals surface area contributed by atoms with Crippen LogP contribution in [-0.2, 0) is 128 Å². The molecule has 0 aliphatic heterocycles. The largest absolute Gasteiger partial charge is 0.303 e. The van der Waals surface area contributed by atoms with Crippen LogP contribution in [0.4, 0.5) is 0 Å². The first kappa shape index (κ1) is 83.3. The zero-order valence-corrected chi connectivity index (χ0v) is 29.6. The molecule has 0 aliphatic carbocycles. The van der Waals surface area contributed by atoms with Crippen LogP contribution in [0, 0.1) is 0 Å². The molecule has 0 rings (SSSR count). The minimum absolute atomic E-state index is 0. The van der Waals surface area contributed by atoms with Crippen LogP contribution in [0.15, 0.2) is 0 Å². The smallest absolute Gasteiger partial charge is 0.241 e. The molecule has 37 heavy (non-hydrogen) atoms. The number of hydrogen-bond acceptors (Lipinski definition) is 24. The molecule has 0 N–H and O–H groups in total. The van der Waals surface area contributed by atoms with Crippen LogP contribution >= 0.6 is 100 Å². The Kier molecular flexibility index (Phi) is 727. The van der Waals surface area contributed by atoms with Gasteiger partial charge in [0.15, 0.2) is 0 Å². The maximum atomic E-state index is 8.40. The van der Waals surface area contributed by atoms with E-state index in [1.54, 1.807) is 0 Å². The summed E-state index contributed by atoms with van der Waals surface area (Å²) in [6.45, 7) is 0. The van der Waals surface area contributed by atoms with Crippen LogP contribution in [0.5, 0.6) is 0 Å². The first-order valence-electron chi connectivity index (χ1n) is 4.90. The normalized spacial score (nSPS) is 3.89. The van der Waals surface area contributed by atoms with E-state index >= 15 is 0 Å². The Morgan fingerprint density at radius 2 is 0.135 bits per heavy atom. The van der Waals surface area contributed by atoms with Crippen LogP contribution in [0.25, 0.3) is 0 Å². The number of hydrogen-bond donors (Lipinski definition) is 0. The maximum absolute atomic E-state index is 8.40. The molecule has 37 heteroatoms. The van der Waals surface area contributed by atoms with Crippen LogP contribution in [0.1, 0.15) is 0 Å². The Bertz CT molecular complexity index is 550. The Morgan fingerprint density at radius 1 is 0.135 bits per heavy atom. The quantitative estimate of drug-likeness (QED) is 0.308. The topological polar surface area (TPSA) is 410 Å². The van der Waals surface area contributed by atoms with Gasteiger partial charge in [-0.15, -0.1) is 0 Å². The molecule has 0 aliphatic rings. The molecule has 0 aromatic carbocycles. The van der Waals surface area contributed by atoms with E-state index in [1.807, 2.05) is 0 Å². The van der Waals surface area contributed by atoms with Crippen LogP contribution in [0.3, 0.4) is 0 Å². The average molecular weight is 819 g/mol. The van der Waals surface area contributed by atoms with Gasteiger partial charge < -0.3 is 0 Å². The Morgan fingerprint density at radius 3 is 0.135 bits per heavy atom. The summed E-state index contributed by atoms with van der Waals surface area (Å²) in [4.78, 5) is 0. The van der Waals surface area contributed by atoms with Crippen molar-refractivity contribution in [3.05, 3.63) is 0 Å². The third-order valence-electron chi connectivity index (χ3n) is 0. The van der Waals surface area contributed by atoms with Crippen LogP contribution < -0.4 is 0 Å². The van der Waals surface area contributed by atoms with Gasteiger partial charge in [0, 0.05) is 18.6 Å². The molecule has 0 spiro atoms. The fourth-order valence-electron chi connectivity index (χ4n) is 0. The predicted molar refractivity (Wildman–Crippen MR) is 116 cm³/mol. The summed E-state index contributed by atoms with van der Waals surface area (Å²) in [6, 6.07) is 0. The fourth-order valence-corrected chi connectivity index (χ4v) is 0. The van der Waals surface area contributed by atoms with Crippen molar-refractivity contribution in [1.82, 2.24) is 0 Å². The van der Waals surface area contributed by atoms with E-state index < -0.39 is 100 Å². The van der Waals surface area contributed by atoms with Crippen molar-refractivity contribution in [2.24, 2.45) is 0 Å². The number of rotatable bonds is 0. The molecule has 0 fully saturated rings. The second kappa shape index (κ2) is 323. The predicted octanol–water partition coefficient (Wildman–Crippen LogP) is 4.27. The van der Waals surface area contributed by atoms with Gasteiger partial charge in [0.2, 0.25) is 0 Å². The third kappa shape index (κ3) is 104000. The molecule has 0 saturated heterocycles. The van der Waals surface area contributed by atoms with Crippen LogP contribution in [-0.4, -0.2) is 0 Å². The van der Waals surface area contributed by atoms with E-state index in [1.165, 1.54) is 0 Å². The zero-order chi connectivity index (χ0) is 32.5. The minimum atomic E-state index is -1.42. The van der Waals surface area contributed by atoms with Crippen molar-refractivity contribution in [3.8, 4) is 0 Å². The first-order valence-corrected chi connectivity index (χ1v) is 14.7. The summed E-state index contributed by atoms with van der Waals surface area (Å²) >= 11 is 0. The van der Waals surface area contributed by atoms with E-state index in [2.05, 4.69) is 0 Å². The standard InChI is InChI=1S/12HO2P.V/c12*1-3-2;/h12*3H;.